The maximum Gasteiger partial charge on any atom is 0.330 e. The molecule has 1 aliphatic rings. The molecule has 0 aliphatic carbocycles. The average molecular weight is 323 g/mol. The number of hydrogen-bond acceptors (Lipinski definition) is 7. The molecule has 0 radical (unpaired) electrons. The van der Waals surface area contributed by atoms with E-state index in [0.29, 0.717) is 6.29 Å². The fourth-order valence-electron chi connectivity index (χ4n) is 2.22. The molecule has 1 aromatic heterocycles. The van der Waals surface area contributed by atoms with Gasteiger partial charge in [0, 0.05) is 24.5 Å². The average Bonchev–Trinajstić information content (AvgIpc) is 2.88. The highest BCUT2D eigenvalue weighted by atomic mass is 16.6. The standard InChI is InChI=1S/C12H13N5O6/c1-6(19)22-5-9-8(15-16-13)2-10(23-9)17-3-7(4-18)11(20)14-12(17)21/h3-4,8-10H,2,5H2,1H3,(H,14,20,21)/t8-,9+,10+/m0/s1. The number of esters is 1. The largest absolute Gasteiger partial charge is 0.463 e. The summed E-state index contributed by atoms with van der Waals surface area (Å²) in [4.78, 5) is 49.6. The van der Waals surface area contributed by atoms with Gasteiger partial charge in [0.15, 0.2) is 6.29 Å². The van der Waals surface area contributed by atoms with E-state index in [1.54, 1.807) is 0 Å². The van der Waals surface area contributed by atoms with Crippen molar-refractivity contribution in [2.45, 2.75) is 31.7 Å². The van der Waals surface area contributed by atoms with Crippen molar-refractivity contribution in [3.63, 3.8) is 0 Å². The number of aromatic amines is 1. The van der Waals surface area contributed by atoms with Crippen molar-refractivity contribution >= 4 is 12.3 Å². The van der Waals surface area contributed by atoms with Gasteiger partial charge >= 0.3 is 11.7 Å². The Morgan fingerprint density at radius 1 is 1.65 bits per heavy atom. The van der Waals surface area contributed by atoms with Crippen LogP contribution < -0.4 is 11.2 Å². The molecule has 1 saturated heterocycles. The molecule has 1 fully saturated rings. The lowest BCUT2D eigenvalue weighted by molar-refractivity contribution is -0.146. The topological polar surface area (TPSA) is 156 Å². The molecule has 1 aromatic rings. The van der Waals surface area contributed by atoms with Crippen LogP contribution in [-0.2, 0) is 14.3 Å². The quantitative estimate of drug-likeness (QED) is 0.261. The molecule has 2 heterocycles. The third-order valence-corrected chi connectivity index (χ3v) is 3.29. The van der Waals surface area contributed by atoms with Crippen molar-refractivity contribution in [3.8, 4) is 0 Å². The summed E-state index contributed by atoms with van der Waals surface area (Å²) in [6.07, 6.45) is -0.0989. The van der Waals surface area contributed by atoms with Crippen molar-refractivity contribution < 1.29 is 19.1 Å². The number of aldehydes is 1. The Bertz CT molecular complexity index is 777. The van der Waals surface area contributed by atoms with Crippen LogP contribution in [0, 0.1) is 0 Å². The van der Waals surface area contributed by atoms with E-state index >= 15 is 0 Å². The van der Waals surface area contributed by atoms with Crippen LogP contribution in [-0.4, -0.2) is 40.6 Å². The van der Waals surface area contributed by atoms with Gasteiger partial charge in [-0.05, 0) is 5.53 Å². The Labute approximate surface area is 128 Å². The number of azide groups is 1. The van der Waals surface area contributed by atoms with E-state index in [0.717, 1.165) is 10.8 Å². The zero-order chi connectivity index (χ0) is 17.0. The summed E-state index contributed by atoms with van der Waals surface area (Å²) in [5, 5.41) is 3.56. The Morgan fingerprint density at radius 3 is 3.00 bits per heavy atom. The van der Waals surface area contributed by atoms with Crippen LogP contribution in [0.5, 0.6) is 0 Å². The predicted octanol–water partition coefficient (Wildman–Crippen LogP) is -0.121. The van der Waals surface area contributed by atoms with Gasteiger partial charge in [-0.1, -0.05) is 5.11 Å². The molecule has 3 atom stereocenters. The van der Waals surface area contributed by atoms with Crippen LogP contribution in [0.1, 0.15) is 29.9 Å². The number of ether oxygens (including phenoxy) is 2. The SMILES string of the molecule is CC(=O)OC[C@H]1O[C@@H](n2cc(C=O)c(=O)[nH]c2=O)C[C@@H]1N=[N+]=[N-]. The van der Waals surface area contributed by atoms with Crippen LogP contribution in [0.3, 0.4) is 0 Å². The number of H-pyrrole nitrogens is 1. The fourth-order valence-corrected chi connectivity index (χ4v) is 2.22. The molecule has 0 unspecified atom stereocenters. The monoisotopic (exact) mass is 323 g/mol. The van der Waals surface area contributed by atoms with E-state index in [2.05, 4.69) is 10.0 Å². The van der Waals surface area contributed by atoms with Gasteiger partial charge in [-0.15, -0.1) is 0 Å². The molecule has 0 saturated carbocycles. The zero-order valence-electron chi connectivity index (χ0n) is 12.0. The Balaban J connectivity index is 2.29. The van der Waals surface area contributed by atoms with E-state index in [4.69, 9.17) is 15.0 Å². The third kappa shape index (κ3) is 3.65. The van der Waals surface area contributed by atoms with Crippen molar-refractivity contribution in [1.82, 2.24) is 9.55 Å². The third-order valence-electron chi connectivity index (χ3n) is 3.29. The number of rotatable bonds is 5. The molecule has 11 heteroatoms. The second kappa shape index (κ2) is 6.90. The van der Waals surface area contributed by atoms with Gasteiger partial charge in [0.2, 0.25) is 0 Å². The molecule has 0 spiro atoms. The van der Waals surface area contributed by atoms with E-state index in [9.17, 15) is 19.2 Å². The molecule has 0 aromatic carbocycles. The lowest BCUT2D eigenvalue weighted by atomic mass is 10.1. The maximum atomic E-state index is 11.9. The van der Waals surface area contributed by atoms with Crippen molar-refractivity contribution in [2.24, 2.45) is 5.11 Å². The number of aromatic nitrogens is 2. The molecule has 0 bridgehead atoms. The molecular weight excluding hydrogens is 310 g/mol. The summed E-state index contributed by atoms with van der Waals surface area (Å²) in [7, 11) is 0. The number of carbonyl (C=O) groups excluding carboxylic acids is 2. The first-order chi connectivity index (χ1) is 11.0. The summed E-state index contributed by atoms with van der Waals surface area (Å²) in [6, 6.07) is -0.664. The molecule has 1 aliphatic heterocycles. The molecule has 23 heavy (non-hydrogen) atoms. The maximum absolute atomic E-state index is 11.9. The number of carbonyl (C=O) groups is 2. The summed E-state index contributed by atoms with van der Waals surface area (Å²) >= 11 is 0. The van der Waals surface area contributed by atoms with Gasteiger partial charge in [0.1, 0.15) is 18.9 Å². The van der Waals surface area contributed by atoms with E-state index in [1.165, 1.54) is 6.92 Å². The number of hydrogen-bond donors (Lipinski definition) is 1. The molecule has 2 rings (SSSR count). The van der Waals surface area contributed by atoms with Gasteiger partial charge in [0.05, 0.1) is 11.6 Å². The minimum Gasteiger partial charge on any atom is -0.463 e. The van der Waals surface area contributed by atoms with Crippen LogP contribution >= 0.6 is 0 Å². The Morgan fingerprint density at radius 2 is 2.39 bits per heavy atom. The minimum atomic E-state index is -0.867. The van der Waals surface area contributed by atoms with Crippen molar-refractivity contribution in [1.29, 1.82) is 0 Å². The van der Waals surface area contributed by atoms with Gasteiger partial charge in [-0.3, -0.25) is 23.9 Å². The second-order valence-electron chi connectivity index (χ2n) is 4.81. The highest BCUT2D eigenvalue weighted by Crippen LogP contribution is 2.30. The van der Waals surface area contributed by atoms with Crippen LogP contribution in [0.4, 0.5) is 0 Å². The number of nitrogens with zero attached hydrogens (tertiary/aromatic N) is 4. The van der Waals surface area contributed by atoms with E-state index < -0.39 is 35.6 Å². The second-order valence-corrected chi connectivity index (χ2v) is 4.81. The lowest BCUT2D eigenvalue weighted by Gasteiger charge is -2.16. The highest BCUT2D eigenvalue weighted by molar-refractivity contribution is 5.73. The van der Waals surface area contributed by atoms with Gasteiger partial charge < -0.3 is 9.47 Å². The first kappa shape index (κ1) is 16.5. The smallest absolute Gasteiger partial charge is 0.330 e. The Kier molecular flexibility index (Phi) is 4.94. The fraction of sp³-hybridized carbons (Fsp3) is 0.500. The summed E-state index contributed by atoms with van der Waals surface area (Å²) < 4.78 is 11.4. The molecule has 0 amide bonds. The minimum absolute atomic E-state index is 0.125. The molecule has 1 N–H and O–H groups in total. The van der Waals surface area contributed by atoms with Crippen molar-refractivity contribution in [2.75, 3.05) is 6.61 Å². The first-order valence-electron chi connectivity index (χ1n) is 6.60. The molecular formula is C12H13N5O6. The summed E-state index contributed by atoms with van der Waals surface area (Å²) in [5.41, 5.74) is 6.78. The summed E-state index contributed by atoms with van der Waals surface area (Å²) in [5.74, 6) is -0.527. The Hall–Kier alpha value is -2.91. The van der Waals surface area contributed by atoms with Crippen molar-refractivity contribution in [3.05, 3.63) is 43.0 Å². The summed E-state index contributed by atoms with van der Waals surface area (Å²) in [6.45, 7) is 1.08. The number of nitrogens with one attached hydrogen (secondary N) is 1. The molecule has 11 nitrogen and oxygen atoms in total. The van der Waals surface area contributed by atoms with E-state index in [1.807, 2.05) is 4.98 Å². The van der Waals surface area contributed by atoms with E-state index in [-0.39, 0.29) is 18.6 Å². The van der Waals surface area contributed by atoms with Crippen LogP contribution in [0.25, 0.3) is 10.4 Å². The highest BCUT2D eigenvalue weighted by Gasteiger charge is 2.37. The van der Waals surface area contributed by atoms with Gasteiger partial charge in [0.25, 0.3) is 5.56 Å². The predicted molar refractivity (Wildman–Crippen MR) is 74.8 cm³/mol. The van der Waals surface area contributed by atoms with Crippen LogP contribution in [0.2, 0.25) is 0 Å². The zero-order valence-corrected chi connectivity index (χ0v) is 12.0. The lowest BCUT2D eigenvalue weighted by Crippen LogP contribution is -2.34. The van der Waals surface area contributed by atoms with Gasteiger partial charge in [-0.2, -0.15) is 0 Å². The normalized spacial score (nSPS) is 23.1. The molecule has 122 valence electrons. The van der Waals surface area contributed by atoms with Crippen LogP contribution in [0.15, 0.2) is 20.9 Å². The van der Waals surface area contributed by atoms with Gasteiger partial charge in [-0.25, -0.2) is 4.79 Å². The first-order valence-corrected chi connectivity index (χ1v) is 6.60.